The number of nitrogens with zero attached hydrogens (tertiary/aromatic N) is 2. The van der Waals surface area contributed by atoms with E-state index in [1.54, 1.807) is 6.07 Å². The van der Waals surface area contributed by atoms with Crippen molar-refractivity contribution in [2.24, 2.45) is 5.16 Å². The van der Waals surface area contributed by atoms with Crippen LogP contribution < -0.4 is 9.64 Å². The Balaban J connectivity index is 1.50. The van der Waals surface area contributed by atoms with Crippen molar-refractivity contribution in [3.05, 3.63) is 60.2 Å². The lowest BCUT2D eigenvalue weighted by Crippen LogP contribution is -2.36. The number of benzene rings is 2. The molecule has 0 aromatic heterocycles. The van der Waals surface area contributed by atoms with Gasteiger partial charge in [0.25, 0.3) is 0 Å². The molecule has 0 atom stereocenters. The van der Waals surface area contributed by atoms with Crippen LogP contribution >= 0.6 is 0 Å². The molecule has 3 rings (SSSR count). The van der Waals surface area contributed by atoms with E-state index < -0.39 is 0 Å². The van der Waals surface area contributed by atoms with Crippen LogP contribution in [0.2, 0.25) is 0 Å². The molecule has 0 N–H and O–H groups in total. The molecule has 1 fully saturated rings. The Kier molecular flexibility index (Phi) is 6.90. The first-order chi connectivity index (χ1) is 12.9. The third kappa shape index (κ3) is 5.23. The van der Waals surface area contributed by atoms with E-state index in [1.807, 2.05) is 18.2 Å². The van der Waals surface area contributed by atoms with E-state index in [-0.39, 0.29) is 0 Å². The summed E-state index contributed by atoms with van der Waals surface area (Å²) < 4.78 is 11.0. The Morgan fingerprint density at radius 2 is 1.96 bits per heavy atom. The molecule has 1 radical (unpaired) electrons. The van der Waals surface area contributed by atoms with E-state index in [0.29, 0.717) is 13.2 Å². The first-order valence-corrected chi connectivity index (χ1v) is 9.07. The number of hydrogen-bond acceptors (Lipinski definition) is 5. The maximum atomic E-state index is 5.57. The maximum Gasteiger partial charge on any atom is 0.151 e. The number of oxime groups is 1. The molecule has 0 unspecified atom stereocenters. The zero-order valence-electron chi connectivity index (χ0n) is 15.2. The second kappa shape index (κ2) is 9.82. The molecule has 1 saturated heterocycles. The van der Waals surface area contributed by atoms with Gasteiger partial charge in [0.2, 0.25) is 0 Å². The number of hydrogen-bond donors (Lipinski definition) is 0. The average molecular weight is 353 g/mol. The zero-order valence-corrected chi connectivity index (χ0v) is 15.2. The molecule has 0 bridgehead atoms. The van der Waals surface area contributed by atoms with Gasteiger partial charge in [0.15, 0.2) is 6.61 Å². The van der Waals surface area contributed by atoms with Gasteiger partial charge in [0, 0.05) is 18.8 Å². The van der Waals surface area contributed by atoms with Gasteiger partial charge in [0.05, 0.1) is 18.9 Å². The van der Waals surface area contributed by atoms with Gasteiger partial charge >= 0.3 is 0 Å². The fourth-order valence-electron chi connectivity index (χ4n) is 2.79. The zero-order chi connectivity index (χ0) is 18.0. The fourth-order valence-corrected chi connectivity index (χ4v) is 2.79. The lowest BCUT2D eigenvalue weighted by Gasteiger charge is -2.28. The fraction of sp³-hybridized carbons (Fsp3) is 0.381. The van der Waals surface area contributed by atoms with Gasteiger partial charge in [-0.25, -0.2) is 0 Å². The summed E-state index contributed by atoms with van der Waals surface area (Å²) in [6, 6.07) is 18.9. The molecule has 2 aromatic rings. The highest BCUT2D eigenvalue weighted by Crippen LogP contribution is 2.18. The minimum absolute atomic E-state index is 0.407. The topological polar surface area (TPSA) is 43.3 Å². The number of morpholine rings is 1. The molecule has 0 spiro atoms. The monoisotopic (exact) mass is 353 g/mol. The van der Waals surface area contributed by atoms with E-state index in [1.165, 1.54) is 5.69 Å². The van der Waals surface area contributed by atoms with Gasteiger partial charge in [-0.1, -0.05) is 36.3 Å². The smallest absolute Gasteiger partial charge is 0.151 e. The van der Waals surface area contributed by atoms with Crippen molar-refractivity contribution in [2.45, 2.75) is 13.3 Å². The van der Waals surface area contributed by atoms with Crippen molar-refractivity contribution in [2.75, 3.05) is 44.4 Å². The number of ether oxygens (including phenoxy) is 2. The van der Waals surface area contributed by atoms with E-state index in [4.69, 9.17) is 14.3 Å². The molecular weight excluding hydrogens is 328 g/mol. The highest BCUT2D eigenvalue weighted by molar-refractivity contribution is 6.00. The van der Waals surface area contributed by atoms with Crippen molar-refractivity contribution in [3.63, 3.8) is 0 Å². The average Bonchev–Trinajstić information content (AvgIpc) is 2.72. The highest BCUT2D eigenvalue weighted by Gasteiger charge is 2.11. The third-order valence-electron chi connectivity index (χ3n) is 4.21. The SMILES string of the molecule is CC/C(=N\OCCOc1c[c]ccc1)c1ccc(N2CCOCC2)cc1. The largest absolute Gasteiger partial charge is 0.490 e. The molecule has 26 heavy (non-hydrogen) atoms. The molecule has 0 aliphatic carbocycles. The summed E-state index contributed by atoms with van der Waals surface area (Å²) in [4.78, 5) is 7.77. The number of rotatable bonds is 8. The van der Waals surface area contributed by atoms with Crippen LogP contribution in [-0.2, 0) is 9.57 Å². The summed E-state index contributed by atoms with van der Waals surface area (Å²) in [5, 5.41) is 4.28. The molecule has 2 aromatic carbocycles. The predicted octanol–water partition coefficient (Wildman–Crippen LogP) is 3.53. The quantitative estimate of drug-likeness (QED) is 0.414. The Hall–Kier alpha value is -2.53. The summed E-state index contributed by atoms with van der Waals surface area (Å²) in [6.45, 7) is 6.40. The minimum atomic E-state index is 0.407. The van der Waals surface area contributed by atoms with Crippen LogP contribution in [0.15, 0.2) is 53.7 Å². The van der Waals surface area contributed by atoms with Gasteiger partial charge in [-0.15, -0.1) is 0 Å². The first kappa shape index (κ1) is 18.3. The second-order valence-corrected chi connectivity index (χ2v) is 5.96. The predicted molar refractivity (Wildman–Crippen MR) is 103 cm³/mol. The Morgan fingerprint density at radius 1 is 1.15 bits per heavy atom. The minimum Gasteiger partial charge on any atom is -0.490 e. The van der Waals surface area contributed by atoms with Gasteiger partial charge < -0.3 is 19.2 Å². The summed E-state index contributed by atoms with van der Waals surface area (Å²) in [6.07, 6.45) is 0.811. The van der Waals surface area contributed by atoms with Gasteiger partial charge in [-0.05, 0) is 42.3 Å². The summed E-state index contributed by atoms with van der Waals surface area (Å²) >= 11 is 0. The van der Waals surface area contributed by atoms with Crippen LogP contribution in [0.4, 0.5) is 5.69 Å². The highest BCUT2D eigenvalue weighted by atomic mass is 16.6. The summed E-state index contributed by atoms with van der Waals surface area (Å²) in [7, 11) is 0. The molecule has 1 aliphatic rings. The van der Waals surface area contributed by atoms with Crippen LogP contribution in [-0.4, -0.2) is 45.2 Å². The Morgan fingerprint density at radius 3 is 2.65 bits per heavy atom. The molecule has 137 valence electrons. The van der Waals surface area contributed by atoms with Crippen LogP contribution in [0.1, 0.15) is 18.9 Å². The van der Waals surface area contributed by atoms with E-state index in [2.05, 4.69) is 47.3 Å². The van der Waals surface area contributed by atoms with Crippen LogP contribution in [0.5, 0.6) is 5.75 Å². The molecule has 5 heteroatoms. The molecule has 1 heterocycles. The molecule has 0 saturated carbocycles. The van der Waals surface area contributed by atoms with Crippen molar-refractivity contribution in [1.82, 2.24) is 0 Å². The van der Waals surface area contributed by atoms with E-state index in [9.17, 15) is 0 Å². The third-order valence-corrected chi connectivity index (χ3v) is 4.21. The van der Waals surface area contributed by atoms with Crippen molar-refractivity contribution < 1.29 is 14.3 Å². The normalized spacial score (nSPS) is 15.0. The van der Waals surface area contributed by atoms with Crippen molar-refractivity contribution in [3.8, 4) is 5.75 Å². The molecular formula is C21H25N2O3. The summed E-state index contributed by atoms with van der Waals surface area (Å²) in [5.41, 5.74) is 3.25. The number of anilines is 1. The lowest BCUT2D eigenvalue weighted by atomic mass is 10.1. The van der Waals surface area contributed by atoms with Crippen LogP contribution in [0, 0.1) is 6.07 Å². The van der Waals surface area contributed by atoms with Crippen molar-refractivity contribution in [1.29, 1.82) is 0 Å². The molecule has 0 amide bonds. The van der Waals surface area contributed by atoms with E-state index >= 15 is 0 Å². The van der Waals surface area contributed by atoms with Gasteiger partial charge in [-0.3, -0.25) is 0 Å². The standard InChI is InChI=1S/C21H25N2O3/c1-2-21(22-26-17-16-25-20-6-4-3-5-7-20)18-8-10-19(11-9-18)23-12-14-24-15-13-23/h3-4,6-11H,2,12-17H2,1H3/b22-21+. The molecule has 5 nitrogen and oxygen atoms in total. The Labute approximate surface area is 155 Å². The van der Waals surface area contributed by atoms with Gasteiger partial charge in [-0.2, -0.15) is 0 Å². The molecule has 1 aliphatic heterocycles. The van der Waals surface area contributed by atoms with Crippen LogP contribution in [0.3, 0.4) is 0 Å². The second-order valence-electron chi connectivity index (χ2n) is 5.96. The van der Waals surface area contributed by atoms with Crippen LogP contribution in [0.25, 0.3) is 0 Å². The van der Waals surface area contributed by atoms with Gasteiger partial charge in [0.1, 0.15) is 12.4 Å². The lowest BCUT2D eigenvalue weighted by molar-refractivity contribution is 0.107. The maximum absolute atomic E-state index is 5.57. The van der Waals surface area contributed by atoms with E-state index in [0.717, 1.165) is 49.7 Å². The first-order valence-electron chi connectivity index (χ1n) is 9.07. The summed E-state index contributed by atoms with van der Waals surface area (Å²) in [5.74, 6) is 0.787. The van der Waals surface area contributed by atoms with Crippen molar-refractivity contribution >= 4 is 11.4 Å². The Bertz CT molecular complexity index is 680.